The van der Waals surface area contributed by atoms with Crippen LogP contribution in [0, 0.1) is 6.92 Å². The third-order valence-corrected chi connectivity index (χ3v) is 4.53. The highest BCUT2D eigenvalue weighted by Gasteiger charge is 2.02. The van der Waals surface area contributed by atoms with Crippen molar-refractivity contribution in [3.63, 3.8) is 0 Å². The number of methoxy groups -OCH3 is 1. The van der Waals surface area contributed by atoms with Gasteiger partial charge in [0, 0.05) is 11.5 Å². The lowest BCUT2D eigenvalue weighted by molar-refractivity contribution is 0.412. The second kappa shape index (κ2) is 7.01. The van der Waals surface area contributed by atoms with Crippen LogP contribution in [0.3, 0.4) is 0 Å². The summed E-state index contributed by atoms with van der Waals surface area (Å²) in [6.45, 7) is 2.13. The minimum absolute atomic E-state index is 0.882. The summed E-state index contributed by atoms with van der Waals surface area (Å²) in [7, 11) is 1.69. The summed E-state index contributed by atoms with van der Waals surface area (Å²) in [6.07, 6.45) is 0. The van der Waals surface area contributed by atoms with Gasteiger partial charge in [0.1, 0.15) is 5.75 Å². The van der Waals surface area contributed by atoms with Gasteiger partial charge in [0.25, 0.3) is 0 Å². The summed E-state index contributed by atoms with van der Waals surface area (Å²) < 4.78 is 6.25. The zero-order valence-electron chi connectivity index (χ0n) is 11.2. The fraction of sp³-hybridized carbons (Fsp3) is 0.250. The molecular weight excluding hydrogens is 320 g/mol. The maximum atomic E-state index is 5.23. The van der Waals surface area contributed by atoms with Crippen LogP contribution in [-0.2, 0) is 11.5 Å². The Balaban J connectivity index is 1.90. The summed E-state index contributed by atoms with van der Waals surface area (Å²) >= 11 is 5.45. The second-order valence-corrected chi connectivity index (χ2v) is 6.29. The topological polar surface area (TPSA) is 9.23 Å². The van der Waals surface area contributed by atoms with Crippen LogP contribution in [0.5, 0.6) is 5.75 Å². The molecule has 0 aliphatic heterocycles. The summed E-state index contributed by atoms with van der Waals surface area (Å²) in [6, 6.07) is 14.9. The Labute approximate surface area is 127 Å². The number of benzene rings is 2. The van der Waals surface area contributed by atoms with Gasteiger partial charge in [-0.1, -0.05) is 35.9 Å². The number of hydrogen-bond acceptors (Lipinski definition) is 2. The largest absolute Gasteiger partial charge is 0.496 e. The van der Waals surface area contributed by atoms with E-state index in [1.165, 1.54) is 16.7 Å². The van der Waals surface area contributed by atoms with Gasteiger partial charge >= 0.3 is 0 Å². The maximum Gasteiger partial charge on any atom is 0.133 e. The molecule has 2 rings (SSSR count). The highest BCUT2D eigenvalue weighted by atomic mass is 79.9. The van der Waals surface area contributed by atoms with Crippen molar-refractivity contribution < 1.29 is 4.74 Å². The lowest BCUT2D eigenvalue weighted by Crippen LogP contribution is -1.88. The van der Waals surface area contributed by atoms with Crippen LogP contribution in [0.15, 0.2) is 46.9 Å². The minimum Gasteiger partial charge on any atom is -0.496 e. The molecule has 0 amide bonds. The Kier molecular flexibility index (Phi) is 5.34. The van der Waals surface area contributed by atoms with Crippen LogP contribution in [0.1, 0.15) is 16.7 Å². The van der Waals surface area contributed by atoms with Gasteiger partial charge in [-0.05, 0) is 46.1 Å². The van der Waals surface area contributed by atoms with E-state index in [0.717, 1.165) is 21.7 Å². The molecule has 0 aliphatic carbocycles. The molecular formula is C16H17BrOS. The molecule has 0 saturated heterocycles. The molecule has 0 aromatic heterocycles. The van der Waals surface area contributed by atoms with Crippen LogP contribution in [-0.4, -0.2) is 7.11 Å². The molecule has 0 saturated carbocycles. The smallest absolute Gasteiger partial charge is 0.133 e. The summed E-state index contributed by atoms with van der Waals surface area (Å²) in [4.78, 5) is 0. The lowest BCUT2D eigenvalue weighted by Gasteiger charge is -2.07. The van der Waals surface area contributed by atoms with Gasteiger partial charge in [-0.2, -0.15) is 11.8 Å². The molecule has 1 nitrogen and oxygen atoms in total. The predicted octanol–water partition coefficient (Wildman–Crippen LogP) is 5.20. The van der Waals surface area contributed by atoms with Gasteiger partial charge in [-0.25, -0.2) is 0 Å². The Bertz CT molecular complexity index is 554. The molecule has 0 unspecified atom stereocenters. The van der Waals surface area contributed by atoms with E-state index in [0.29, 0.717) is 0 Å². The van der Waals surface area contributed by atoms with Crippen LogP contribution in [0.2, 0.25) is 0 Å². The molecule has 0 aliphatic rings. The van der Waals surface area contributed by atoms with Crippen molar-refractivity contribution in [3.8, 4) is 5.75 Å². The first-order valence-electron chi connectivity index (χ1n) is 6.15. The van der Waals surface area contributed by atoms with Crippen molar-refractivity contribution in [2.45, 2.75) is 18.4 Å². The fourth-order valence-corrected chi connectivity index (χ4v) is 3.41. The first-order chi connectivity index (χ1) is 9.19. The average molecular weight is 337 g/mol. The van der Waals surface area contributed by atoms with Gasteiger partial charge in [0.15, 0.2) is 0 Å². The second-order valence-electron chi connectivity index (χ2n) is 4.45. The standard InChI is InChI=1S/C16H17BrOS/c1-12-4-3-5-13(8-12)10-19-11-14-6-7-16(18-2)15(17)9-14/h3-9H,10-11H2,1-2H3. The molecule has 19 heavy (non-hydrogen) atoms. The van der Waals surface area contributed by atoms with E-state index < -0.39 is 0 Å². The molecule has 100 valence electrons. The van der Waals surface area contributed by atoms with Crippen LogP contribution >= 0.6 is 27.7 Å². The quantitative estimate of drug-likeness (QED) is 0.742. The van der Waals surface area contributed by atoms with E-state index in [-0.39, 0.29) is 0 Å². The minimum atomic E-state index is 0.882. The highest BCUT2D eigenvalue weighted by molar-refractivity contribution is 9.10. The van der Waals surface area contributed by atoms with E-state index in [4.69, 9.17) is 4.74 Å². The molecule has 0 spiro atoms. The van der Waals surface area contributed by atoms with E-state index >= 15 is 0 Å². The fourth-order valence-electron chi connectivity index (χ4n) is 1.89. The van der Waals surface area contributed by atoms with Gasteiger partial charge < -0.3 is 4.74 Å². The van der Waals surface area contributed by atoms with Crippen molar-refractivity contribution in [3.05, 3.63) is 63.6 Å². The van der Waals surface area contributed by atoms with Gasteiger partial charge in [-0.3, -0.25) is 0 Å². The van der Waals surface area contributed by atoms with Crippen molar-refractivity contribution in [1.29, 1.82) is 0 Å². The van der Waals surface area contributed by atoms with Crippen molar-refractivity contribution in [1.82, 2.24) is 0 Å². The van der Waals surface area contributed by atoms with Crippen LogP contribution in [0.4, 0.5) is 0 Å². The van der Waals surface area contributed by atoms with Gasteiger partial charge in [-0.15, -0.1) is 0 Å². The van der Waals surface area contributed by atoms with Crippen molar-refractivity contribution in [2.75, 3.05) is 7.11 Å². The molecule has 2 aromatic rings. The Morgan fingerprint density at radius 1 is 1.05 bits per heavy atom. The molecule has 0 heterocycles. The zero-order valence-corrected chi connectivity index (χ0v) is 13.6. The van der Waals surface area contributed by atoms with E-state index in [1.54, 1.807) is 7.11 Å². The number of halogens is 1. The van der Waals surface area contributed by atoms with E-state index in [1.807, 2.05) is 17.8 Å². The lowest BCUT2D eigenvalue weighted by atomic mass is 10.2. The summed E-state index contributed by atoms with van der Waals surface area (Å²) in [5, 5.41) is 0. The normalized spacial score (nSPS) is 10.5. The third-order valence-electron chi connectivity index (χ3n) is 2.84. The number of aryl methyl sites for hydroxylation is 1. The molecule has 0 atom stereocenters. The van der Waals surface area contributed by atoms with Crippen LogP contribution < -0.4 is 4.74 Å². The first-order valence-corrected chi connectivity index (χ1v) is 8.09. The number of thioether (sulfide) groups is 1. The van der Waals surface area contributed by atoms with E-state index in [9.17, 15) is 0 Å². The monoisotopic (exact) mass is 336 g/mol. The Hall–Kier alpha value is -0.930. The summed E-state index contributed by atoms with van der Waals surface area (Å²) in [5.74, 6) is 2.94. The number of hydrogen-bond donors (Lipinski definition) is 0. The number of ether oxygens (including phenoxy) is 1. The van der Waals surface area contributed by atoms with Crippen molar-refractivity contribution in [2.24, 2.45) is 0 Å². The molecule has 0 bridgehead atoms. The highest BCUT2D eigenvalue weighted by Crippen LogP contribution is 2.27. The average Bonchev–Trinajstić information content (AvgIpc) is 2.39. The molecule has 2 aromatic carbocycles. The van der Waals surface area contributed by atoms with Crippen molar-refractivity contribution >= 4 is 27.7 Å². The zero-order chi connectivity index (χ0) is 13.7. The first kappa shape index (κ1) is 14.5. The maximum absolute atomic E-state index is 5.23. The molecule has 0 radical (unpaired) electrons. The third kappa shape index (κ3) is 4.29. The SMILES string of the molecule is COc1ccc(CSCc2cccc(C)c2)cc1Br. The Morgan fingerprint density at radius 2 is 1.79 bits per heavy atom. The van der Waals surface area contributed by atoms with Gasteiger partial charge in [0.2, 0.25) is 0 Å². The van der Waals surface area contributed by atoms with Gasteiger partial charge in [0.05, 0.1) is 11.6 Å². The molecule has 0 fully saturated rings. The summed E-state index contributed by atoms with van der Waals surface area (Å²) in [5.41, 5.74) is 4.02. The van der Waals surface area contributed by atoms with Crippen LogP contribution in [0.25, 0.3) is 0 Å². The molecule has 0 N–H and O–H groups in total. The number of rotatable bonds is 5. The van der Waals surface area contributed by atoms with E-state index in [2.05, 4.69) is 59.3 Å². The Morgan fingerprint density at radius 3 is 2.42 bits per heavy atom. The molecule has 3 heteroatoms. The predicted molar refractivity (Wildman–Crippen MR) is 86.9 cm³/mol.